The summed E-state index contributed by atoms with van der Waals surface area (Å²) >= 11 is 1.50. The van der Waals surface area contributed by atoms with Crippen LogP contribution in [0.3, 0.4) is 0 Å². The largest absolute Gasteiger partial charge is 0.361 e. The van der Waals surface area contributed by atoms with Crippen molar-refractivity contribution in [2.75, 3.05) is 13.1 Å². The average Bonchev–Trinajstić information content (AvgIpc) is 2.97. The van der Waals surface area contributed by atoms with Gasteiger partial charge in [0.05, 0.1) is 17.8 Å². The van der Waals surface area contributed by atoms with Crippen LogP contribution in [-0.2, 0) is 10.5 Å². The van der Waals surface area contributed by atoms with Gasteiger partial charge in [-0.1, -0.05) is 17.3 Å². The molecule has 0 spiro atoms. The quantitative estimate of drug-likeness (QED) is 0.759. The molecule has 0 saturated carbocycles. The SMILES string of the molecule is CCNC(=O)CNC(=O)c1ccccc1SCc1cc(C)on1. The summed E-state index contributed by atoms with van der Waals surface area (Å²) in [6, 6.07) is 9.15. The van der Waals surface area contributed by atoms with Crippen molar-refractivity contribution in [1.29, 1.82) is 0 Å². The van der Waals surface area contributed by atoms with Crippen LogP contribution in [0.4, 0.5) is 0 Å². The van der Waals surface area contributed by atoms with Crippen LogP contribution in [0.2, 0.25) is 0 Å². The number of aromatic nitrogens is 1. The molecule has 2 rings (SSSR count). The Morgan fingerprint density at radius 1 is 1.26 bits per heavy atom. The van der Waals surface area contributed by atoms with E-state index in [1.165, 1.54) is 11.8 Å². The highest BCUT2D eigenvalue weighted by Crippen LogP contribution is 2.26. The van der Waals surface area contributed by atoms with E-state index in [0.29, 0.717) is 17.9 Å². The fourth-order valence-corrected chi connectivity index (χ4v) is 2.86. The summed E-state index contributed by atoms with van der Waals surface area (Å²) in [6.07, 6.45) is 0. The van der Waals surface area contributed by atoms with Gasteiger partial charge in [0.25, 0.3) is 5.91 Å². The summed E-state index contributed by atoms with van der Waals surface area (Å²) < 4.78 is 5.03. The van der Waals surface area contributed by atoms with E-state index in [2.05, 4.69) is 15.8 Å². The lowest BCUT2D eigenvalue weighted by molar-refractivity contribution is -0.120. The summed E-state index contributed by atoms with van der Waals surface area (Å²) in [7, 11) is 0. The highest BCUT2D eigenvalue weighted by Gasteiger charge is 2.13. The number of hydrogen-bond acceptors (Lipinski definition) is 5. The Bertz CT molecular complexity index is 685. The molecule has 0 atom stereocenters. The zero-order valence-electron chi connectivity index (χ0n) is 13.1. The fourth-order valence-electron chi connectivity index (χ4n) is 1.93. The van der Waals surface area contributed by atoms with Crippen molar-refractivity contribution in [2.45, 2.75) is 24.5 Å². The van der Waals surface area contributed by atoms with Crippen molar-refractivity contribution in [3.05, 3.63) is 47.3 Å². The second kappa shape index (κ2) is 8.38. The van der Waals surface area contributed by atoms with Crippen LogP contribution in [0.5, 0.6) is 0 Å². The molecular formula is C16H19N3O3S. The molecule has 0 fully saturated rings. The molecule has 23 heavy (non-hydrogen) atoms. The molecule has 0 unspecified atom stereocenters. The maximum absolute atomic E-state index is 12.3. The van der Waals surface area contributed by atoms with Gasteiger partial charge in [-0.3, -0.25) is 9.59 Å². The number of benzene rings is 1. The summed E-state index contributed by atoms with van der Waals surface area (Å²) in [4.78, 5) is 24.5. The van der Waals surface area contributed by atoms with E-state index < -0.39 is 0 Å². The molecule has 0 aliphatic heterocycles. The van der Waals surface area contributed by atoms with Gasteiger partial charge in [0, 0.05) is 23.3 Å². The van der Waals surface area contributed by atoms with Crippen LogP contribution < -0.4 is 10.6 Å². The lowest BCUT2D eigenvalue weighted by Gasteiger charge is -2.09. The van der Waals surface area contributed by atoms with E-state index in [-0.39, 0.29) is 18.4 Å². The Hall–Kier alpha value is -2.28. The Kier molecular flexibility index (Phi) is 6.22. The third kappa shape index (κ3) is 5.14. The Morgan fingerprint density at radius 3 is 2.74 bits per heavy atom. The van der Waals surface area contributed by atoms with Gasteiger partial charge >= 0.3 is 0 Å². The Balaban J connectivity index is 1.98. The summed E-state index contributed by atoms with van der Waals surface area (Å²) in [6.45, 7) is 4.17. The number of nitrogens with zero attached hydrogens (tertiary/aromatic N) is 1. The number of carbonyl (C=O) groups excluding carboxylic acids is 2. The zero-order chi connectivity index (χ0) is 16.7. The Labute approximate surface area is 139 Å². The van der Waals surface area contributed by atoms with Crippen LogP contribution in [0.25, 0.3) is 0 Å². The van der Waals surface area contributed by atoms with E-state index in [4.69, 9.17) is 4.52 Å². The van der Waals surface area contributed by atoms with Gasteiger partial charge in [-0.15, -0.1) is 11.8 Å². The molecular weight excluding hydrogens is 314 g/mol. The van der Waals surface area contributed by atoms with E-state index in [1.807, 2.05) is 32.0 Å². The standard InChI is InChI=1S/C16H19N3O3S/c1-3-17-15(20)9-18-16(21)13-6-4-5-7-14(13)23-10-12-8-11(2)22-19-12/h4-8H,3,9-10H2,1-2H3,(H,17,20)(H,18,21). The smallest absolute Gasteiger partial charge is 0.252 e. The zero-order valence-corrected chi connectivity index (χ0v) is 13.9. The number of carbonyl (C=O) groups is 2. The molecule has 7 heteroatoms. The fraction of sp³-hybridized carbons (Fsp3) is 0.312. The first-order valence-corrected chi connectivity index (χ1v) is 8.27. The number of aryl methyl sites for hydroxylation is 1. The Morgan fingerprint density at radius 2 is 2.04 bits per heavy atom. The lowest BCUT2D eigenvalue weighted by Crippen LogP contribution is -2.36. The number of thioether (sulfide) groups is 1. The van der Waals surface area contributed by atoms with Crippen molar-refractivity contribution >= 4 is 23.6 Å². The minimum Gasteiger partial charge on any atom is -0.361 e. The van der Waals surface area contributed by atoms with Gasteiger partial charge in [0.2, 0.25) is 5.91 Å². The van der Waals surface area contributed by atoms with Crippen molar-refractivity contribution in [2.24, 2.45) is 0 Å². The molecule has 0 aliphatic carbocycles. The molecule has 0 radical (unpaired) electrons. The van der Waals surface area contributed by atoms with Crippen LogP contribution in [0.1, 0.15) is 28.7 Å². The van der Waals surface area contributed by atoms with Crippen LogP contribution in [0.15, 0.2) is 39.8 Å². The first-order valence-electron chi connectivity index (χ1n) is 7.29. The van der Waals surface area contributed by atoms with E-state index >= 15 is 0 Å². The molecule has 0 aliphatic rings. The topological polar surface area (TPSA) is 84.2 Å². The van der Waals surface area contributed by atoms with Gasteiger partial charge in [0.1, 0.15) is 5.76 Å². The monoisotopic (exact) mass is 333 g/mol. The molecule has 0 bridgehead atoms. The number of rotatable bonds is 7. The number of hydrogen-bond donors (Lipinski definition) is 2. The maximum Gasteiger partial charge on any atom is 0.252 e. The minimum absolute atomic E-state index is 0.0336. The molecule has 2 N–H and O–H groups in total. The number of likely N-dealkylation sites (N-methyl/N-ethyl adjacent to an activating group) is 1. The van der Waals surface area contributed by atoms with Crippen LogP contribution in [-0.4, -0.2) is 30.1 Å². The average molecular weight is 333 g/mol. The molecule has 2 aromatic rings. The van der Waals surface area contributed by atoms with Crippen LogP contribution >= 0.6 is 11.8 Å². The maximum atomic E-state index is 12.3. The number of amides is 2. The van der Waals surface area contributed by atoms with E-state index in [9.17, 15) is 9.59 Å². The predicted octanol–water partition coefficient (Wildman–Crippen LogP) is 2.14. The molecule has 1 aromatic heterocycles. The molecule has 2 amide bonds. The van der Waals surface area contributed by atoms with Gasteiger partial charge in [-0.25, -0.2) is 0 Å². The second-order valence-electron chi connectivity index (χ2n) is 4.85. The van der Waals surface area contributed by atoms with Gasteiger partial charge in [0.15, 0.2) is 0 Å². The lowest BCUT2D eigenvalue weighted by atomic mass is 10.2. The third-order valence-electron chi connectivity index (χ3n) is 2.97. The molecule has 6 nitrogen and oxygen atoms in total. The molecule has 1 aromatic carbocycles. The summed E-state index contributed by atoms with van der Waals surface area (Å²) in [5.74, 6) is 0.895. The molecule has 0 saturated heterocycles. The first kappa shape index (κ1) is 17.1. The highest BCUT2D eigenvalue weighted by molar-refractivity contribution is 7.98. The minimum atomic E-state index is -0.268. The molecule has 1 heterocycles. The highest BCUT2D eigenvalue weighted by atomic mass is 32.2. The van der Waals surface area contributed by atoms with Crippen molar-refractivity contribution < 1.29 is 14.1 Å². The second-order valence-corrected chi connectivity index (χ2v) is 5.87. The van der Waals surface area contributed by atoms with E-state index in [0.717, 1.165) is 16.3 Å². The molecule has 122 valence electrons. The summed E-state index contributed by atoms with van der Waals surface area (Å²) in [5, 5.41) is 9.20. The first-order chi connectivity index (χ1) is 11.1. The van der Waals surface area contributed by atoms with Gasteiger partial charge in [-0.2, -0.15) is 0 Å². The number of nitrogens with one attached hydrogen (secondary N) is 2. The summed E-state index contributed by atoms with van der Waals surface area (Å²) in [5.41, 5.74) is 1.37. The van der Waals surface area contributed by atoms with Crippen molar-refractivity contribution in [3.8, 4) is 0 Å². The van der Waals surface area contributed by atoms with Crippen LogP contribution in [0, 0.1) is 6.92 Å². The van der Waals surface area contributed by atoms with Gasteiger partial charge < -0.3 is 15.2 Å². The van der Waals surface area contributed by atoms with Crippen molar-refractivity contribution in [3.63, 3.8) is 0 Å². The van der Waals surface area contributed by atoms with Crippen molar-refractivity contribution in [1.82, 2.24) is 15.8 Å². The van der Waals surface area contributed by atoms with E-state index in [1.54, 1.807) is 12.1 Å². The predicted molar refractivity (Wildman–Crippen MR) is 88.3 cm³/mol. The van der Waals surface area contributed by atoms with Gasteiger partial charge in [-0.05, 0) is 26.0 Å². The normalized spacial score (nSPS) is 10.3. The third-order valence-corrected chi connectivity index (χ3v) is 4.07.